The Balaban J connectivity index is 1.04. The Kier molecular flexibility index (Phi) is 6.90. The van der Waals surface area contributed by atoms with E-state index in [2.05, 4.69) is 205 Å². The van der Waals surface area contributed by atoms with Crippen LogP contribution in [0.4, 0.5) is 17.1 Å². The van der Waals surface area contributed by atoms with E-state index in [1.54, 1.807) is 0 Å². The van der Waals surface area contributed by atoms with Crippen molar-refractivity contribution in [3.8, 4) is 22.3 Å². The van der Waals surface area contributed by atoms with Gasteiger partial charge in [0.2, 0.25) is 0 Å². The van der Waals surface area contributed by atoms with Crippen molar-refractivity contribution in [2.24, 2.45) is 0 Å². The molecule has 0 aliphatic heterocycles. The van der Waals surface area contributed by atoms with Gasteiger partial charge in [0, 0.05) is 33.9 Å². The summed E-state index contributed by atoms with van der Waals surface area (Å²) in [7, 11) is 0. The lowest BCUT2D eigenvalue weighted by Crippen LogP contribution is -2.09. The predicted molar refractivity (Wildman–Crippen MR) is 229 cm³/mol. The van der Waals surface area contributed by atoms with E-state index < -0.39 is 0 Å². The molecule has 0 radical (unpaired) electrons. The number of furan rings is 1. The number of anilines is 3. The molecule has 0 spiro atoms. The van der Waals surface area contributed by atoms with Gasteiger partial charge in [-0.1, -0.05) is 146 Å². The van der Waals surface area contributed by atoms with Gasteiger partial charge >= 0.3 is 0 Å². The number of rotatable bonds is 5. The zero-order chi connectivity index (χ0) is 35.6. The van der Waals surface area contributed by atoms with Gasteiger partial charge in [-0.25, -0.2) is 0 Å². The Labute approximate surface area is 312 Å². The van der Waals surface area contributed by atoms with Crippen molar-refractivity contribution < 1.29 is 4.42 Å². The molecule has 2 heteroatoms. The van der Waals surface area contributed by atoms with Crippen LogP contribution in [0.25, 0.3) is 87.3 Å². The maximum Gasteiger partial charge on any atom is 0.137 e. The van der Waals surface area contributed by atoms with Gasteiger partial charge in [-0.3, -0.25) is 0 Å². The summed E-state index contributed by atoms with van der Waals surface area (Å²) in [6.07, 6.45) is 0. The highest BCUT2D eigenvalue weighted by Gasteiger charge is 2.17. The summed E-state index contributed by atoms with van der Waals surface area (Å²) in [5.74, 6) is 0. The lowest BCUT2D eigenvalue weighted by atomic mass is 9.92. The Morgan fingerprint density at radius 2 is 0.870 bits per heavy atom. The van der Waals surface area contributed by atoms with Crippen LogP contribution in [0.1, 0.15) is 0 Å². The van der Waals surface area contributed by atoms with Crippen molar-refractivity contribution in [2.45, 2.75) is 0 Å². The number of hydrogen-bond acceptors (Lipinski definition) is 2. The van der Waals surface area contributed by atoms with Gasteiger partial charge in [-0.05, 0) is 114 Å². The van der Waals surface area contributed by atoms with Gasteiger partial charge in [0.25, 0.3) is 0 Å². The molecule has 0 unspecified atom stereocenters. The highest BCUT2D eigenvalue weighted by molar-refractivity contribution is 6.22. The highest BCUT2D eigenvalue weighted by Crippen LogP contribution is 2.42. The molecule has 1 heterocycles. The number of fused-ring (bicyclic) bond motifs is 9. The van der Waals surface area contributed by atoms with E-state index in [1.807, 2.05) is 0 Å². The number of hydrogen-bond donors (Lipinski definition) is 0. The molecule has 252 valence electrons. The summed E-state index contributed by atoms with van der Waals surface area (Å²) in [5.41, 5.74) is 9.76. The number of nitrogens with zero attached hydrogens (tertiary/aromatic N) is 1. The molecule has 0 saturated heterocycles. The normalized spacial score (nSPS) is 11.7. The van der Waals surface area contributed by atoms with Gasteiger partial charge in [-0.2, -0.15) is 0 Å². The van der Waals surface area contributed by atoms with Crippen molar-refractivity contribution in [3.05, 3.63) is 200 Å². The Morgan fingerprint density at radius 1 is 0.296 bits per heavy atom. The summed E-state index contributed by atoms with van der Waals surface area (Å²) in [5, 5.41) is 12.3. The minimum absolute atomic E-state index is 0.871. The average molecular weight is 688 g/mol. The van der Waals surface area contributed by atoms with Crippen LogP contribution in [0.5, 0.6) is 0 Å². The molecule has 0 atom stereocenters. The first-order valence-electron chi connectivity index (χ1n) is 18.5. The predicted octanol–water partition coefficient (Wildman–Crippen LogP) is 15.0. The van der Waals surface area contributed by atoms with Crippen LogP contribution in [0.15, 0.2) is 205 Å². The van der Waals surface area contributed by atoms with Crippen LogP contribution in [-0.4, -0.2) is 0 Å². The molecule has 2 nitrogen and oxygen atoms in total. The highest BCUT2D eigenvalue weighted by atomic mass is 16.3. The fourth-order valence-corrected chi connectivity index (χ4v) is 8.38. The van der Waals surface area contributed by atoms with Gasteiger partial charge in [0.1, 0.15) is 11.2 Å². The molecule has 0 N–H and O–H groups in total. The van der Waals surface area contributed by atoms with Gasteiger partial charge in [0.15, 0.2) is 0 Å². The molecular weight excluding hydrogens is 655 g/mol. The van der Waals surface area contributed by atoms with E-state index in [0.29, 0.717) is 0 Å². The fraction of sp³-hybridized carbons (Fsp3) is 0. The zero-order valence-electron chi connectivity index (χ0n) is 29.4. The molecule has 0 aliphatic rings. The van der Waals surface area contributed by atoms with Crippen molar-refractivity contribution in [2.75, 3.05) is 4.90 Å². The first kappa shape index (κ1) is 30.5. The summed E-state index contributed by atoms with van der Waals surface area (Å²) in [6.45, 7) is 0. The van der Waals surface area contributed by atoms with Crippen molar-refractivity contribution in [1.82, 2.24) is 0 Å². The Morgan fingerprint density at radius 3 is 1.67 bits per heavy atom. The summed E-state index contributed by atoms with van der Waals surface area (Å²) < 4.78 is 6.55. The molecule has 0 amide bonds. The molecule has 0 bridgehead atoms. The van der Waals surface area contributed by atoms with E-state index in [9.17, 15) is 0 Å². The fourth-order valence-electron chi connectivity index (χ4n) is 8.38. The minimum Gasteiger partial charge on any atom is -0.456 e. The van der Waals surface area contributed by atoms with E-state index in [4.69, 9.17) is 4.42 Å². The molecule has 10 aromatic carbocycles. The molecule has 0 fully saturated rings. The Hall–Kier alpha value is -7.16. The van der Waals surface area contributed by atoms with Crippen LogP contribution < -0.4 is 4.90 Å². The summed E-state index contributed by atoms with van der Waals surface area (Å²) in [4.78, 5) is 2.32. The minimum atomic E-state index is 0.871. The quantitative estimate of drug-likeness (QED) is 0.168. The molecule has 54 heavy (non-hydrogen) atoms. The van der Waals surface area contributed by atoms with Gasteiger partial charge in [0.05, 0.1) is 0 Å². The zero-order valence-corrected chi connectivity index (χ0v) is 29.4. The molecular formula is C52H33NO. The topological polar surface area (TPSA) is 16.4 Å². The lowest BCUT2D eigenvalue weighted by molar-refractivity contribution is 0.669. The third-order valence-electron chi connectivity index (χ3n) is 11.0. The van der Waals surface area contributed by atoms with Crippen LogP contribution in [0, 0.1) is 0 Å². The summed E-state index contributed by atoms with van der Waals surface area (Å²) >= 11 is 0. The first-order valence-corrected chi connectivity index (χ1v) is 18.5. The van der Waals surface area contributed by atoms with Crippen LogP contribution >= 0.6 is 0 Å². The van der Waals surface area contributed by atoms with Crippen molar-refractivity contribution >= 4 is 82.1 Å². The third kappa shape index (κ3) is 4.96. The molecule has 0 saturated carbocycles. The standard InChI is InChI=1S/C52H33NO/c1-2-9-34(10-3-1)35-19-24-41(25-20-35)53(43-28-30-47-49-31-39-12-4-5-13-40(39)32-50(49)54-51(47)33-43)42-26-21-37(22-27-42)44-15-8-16-48-46(44)29-23-38-18-17-36-11-6-7-14-45(36)52(38)48/h1-33H. The van der Waals surface area contributed by atoms with E-state index >= 15 is 0 Å². The maximum atomic E-state index is 6.55. The largest absolute Gasteiger partial charge is 0.456 e. The van der Waals surface area contributed by atoms with Gasteiger partial charge in [-0.15, -0.1) is 0 Å². The maximum absolute atomic E-state index is 6.55. The lowest BCUT2D eigenvalue weighted by Gasteiger charge is -2.26. The number of benzene rings is 10. The molecule has 11 rings (SSSR count). The first-order chi connectivity index (χ1) is 26.7. The van der Waals surface area contributed by atoms with Crippen LogP contribution in [-0.2, 0) is 0 Å². The third-order valence-corrected chi connectivity index (χ3v) is 11.0. The smallest absolute Gasteiger partial charge is 0.137 e. The monoisotopic (exact) mass is 687 g/mol. The summed E-state index contributed by atoms with van der Waals surface area (Å²) in [6, 6.07) is 72.2. The van der Waals surface area contributed by atoms with E-state index in [0.717, 1.165) is 39.0 Å². The average Bonchev–Trinajstić information content (AvgIpc) is 3.59. The van der Waals surface area contributed by atoms with Crippen LogP contribution in [0.2, 0.25) is 0 Å². The van der Waals surface area contributed by atoms with Gasteiger partial charge < -0.3 is 9.32 Å². The molecule has 1 aromatic heterocycles. The second kappa shape index (κ2) is 12.2. The van der Waals surface area contributed by atoms with Crippen molar-refractivity contribution in [1.29, 1.82) is 0 Å². The van der Waals surface area contributed by atoms with Crippen molar-refractivity contribution in [3.63, 3.8) is 0 Å². The molecule has 11 aromatic rings. The SMILES string of the molecule is c1ccc(-c2ccc(N(c3ccc(-c4cccc5c4ccc4ccc6ccccc6c45)cc3)c3ccc4c(c3)oc3cc5ccccc5cc34)cc2)cc1. The Bertz CT molecular complexity index is 3190. The second-order valence-corrected chi connectivity index (χ2v) is 14.1. The van der Waals surface area contributed by atoms with Crippen LogP contribution in [0.3, 0.4) is 0 Å². The van der Waals surface area contributed by atoms with E-state index in [-0.39, 0.29) is 0 Å². The molecule has 0 aliphatic carbocycles. The second-order valence-electron chi connectivity index (χ2n) is 14.1. The van der Waals surface area contributed by atoms with E-state index in [1.165, 1.54) is 65.3 Å².